The minimum atomic E-state index is 0.0792. The maximum absolute atomic E-state index is 12.3. The Morgan fingerprint density at radius 1 is 1.08 bits per heavy atom. The van der Waals surface area contributed by atoms with Crippen molar-refractivity contribution in [1.29, 1.82) is 0 Å². The molecule has 2 aliphatic heterocycles. The van der Waals surface area contributed by atoms with E-state index in [1.807, 2.05) is 55.4 Å². The van der Waals surface area contributed by atoms with Crippen LogP contribution in [0.4, 0.5) is 4.79 Å². The van der Waals surface area contributed by atoms with Gasteiger partial charge in [0.25, 0.3) is 0 Å². The van der Waals surface area contributed by atoms with Crippen LogP contribution in [0.3, 0.4) is 0 Å². The highest BCUT2D eigenvalue weighted by molar-refractivity contribution is 5.74. The van der Waals surface area contributed by atoms with Gasteiger partial charge in [0.1, 0.15) is 11.5 Å². The Morgan fingerprint density at radius 2 is 1.69 bits per heavy atom. The highest BCUT2D eigenvalue weighted by Gasteiger charge is 2.31. The summed E-state index contributed by atoms with van der Waals surface area (Å²) in [6.45, 7) is 1.56. The number of fused-ring (bicyclic) bond motifs is 2. The molecule has 0 saturated carbocycles. The molecule has 2 amide bonds. The summed E-state index contributed by atoms with van der Waals surface area (Å²) in [6.07, 6.45) is 2.09. The Kier molecular flexibility index (Phi) is 4.55. The van der Waals surface area contributed by atoms with Gasteiger partial charge < -0.3 is 19.9 Å². The molecule has 1 saturated heterocycles. The SMILES string of the molecule is CN(C)C(=O)N1CCCC(NC2c3ccccc3Oc3ccccc32)C1. The minimum absolute atomic E-state index is 0.0792. The average molecular weight is 351 g/mol. The third-order valence-corrected chi connectivity index (χ3v) is 5.16. The van der Waals surface area contributed by atoms with Gasteiger partial charge in [-0.3, -0.25) is 0 Å². The number of carbonyl (C=O) groups excluding carboxylic acids is 1. The van der Waals surface area contributed by atoms with Crippen molar-refractivity contribution in [2.24, 2.45) is 0 Å². The van der Waals surface area contributed by atoms with Gasteiger partial charge in [-0.05, 0) is 25.0 Å². The van der Waals surface area contributed by atoms with Gasteiger partial charge in [-0.25, -0.2) is 4.79 Å². The number of carbonyl (C=O) groups is 1. The molecule has 0 spiro atoms. The van der Waals surface area contributed by atoms with Crippen molar-refractivity contribution in [1.82, 2.24) is 15.1 Å². The second-order valence-electron chi connectivity index (χ2n) is 7.24. The van der Waals surface area contributed by atoms with Crippen molar-refractivity contribution in [2.45, 2.75) is 24.9 Å². The predicted molar refractivity (Wildman–Crippen MR) is 102 cm³/mol. The summed E-state index contributed by atoms with van der Waals surface area (Å²) in [5.41, 5.74) is 2.31. The van der Waals surface area contributed by atoms with Crippen LogP contribution in [0.1, 0.15) is 30.0 Å². The molecule has 0 aromatic heterocycles. The molecule has 1 atom stereocenters. The van der Waals surface area contributed by atoms with E-state index in [4.69, 9.17) is 4.74 Å². The minimum Gasteiger partial charge on any atom is -0.457 e. The number of likely N-dealkylation sites (tertiary alicyclic amines) is 1. The van der Waals surface area contributed by atoms with Crippen LogP contribution in [-0.4, -0.2) is 49.1 Å². The molecule has 2 aromatic rings. The lowest BCUT2D eigenvalue weighted by Crippen LogP contribution is -2.51. The first-order chi connectivity index (χ1) is 12.6. The maximum atomic E-state index is 12.3. The fraction of sp³-hybridized carbons (Fsp3) is 0.381. The Hall–Kier alpha value is -2.53. The predicted octanol–water partition coefficient (Wildman–Crippen LogP) is 3.62. The molecule has 1 N–H and O–H groups in total. The van der Waals surface area contributed by atoms with Crippen LogP contribution in [0.2, 0.25) is 0 Å². The number of amides is 2. The van der Waals surface area contributed by atoms with Crippen molar-refractivity contribution in [3.8, 4) is 11.5 Å². The van der Waals surface area contributed by atoms with Crippen LogP contribution in [-0.2, 0) is 0 Å². The quantitative estimate of drug-likeness (QED) is 0.899. The largest absolute Gasteiger partial charge is 0.457 e. The number of nitrogens with one attached hydrogen (secondary N) is 1. The Labute approximate surface area is 154 Å². The van der Waals surface area contributed by atoms with Gasteiger partial charge in [0.05, 0.1) is 6.04 Å². The first kappa shape index (κ1) is 16.9. The van der Waals surface area contributed by atoms with Gasteiger partial charge >= 0.3 is 6.03 Å². The maximum Gasteiger partial charge on any atom is 0.319 e. The molecule has 0 aliphatic carbocycles. The van der Waals surface area contributed by atoms with Gasteiger partial charge in [-0.2, -0.15) is 0 Å². The van der Waals surface area contributed by atoms with E-state index in [1.54, 1.807) is 4.90 Å². The average Bonchev–Trinajstić information content (AvgIpc) is 2.67. The summed E-state index contributed by atoms with van der Waals surface area (Å²) < 4.78 is 6.08. The van der Waals surface area contributed by atoms with Gasteiger partial charge in [0.2, 0.25) is 0 Å². The molecule has 2 aromatic carbocycles. The van der Waals surface area contributed by atoms with E-state index in [-0.39, 0.29) is 18.1 Å². The molecule has 5 nitrogen and oxygen atoms in total. The zero-order valence-corrected chi connectivity index (χ0v) is 15.3. The monoisotopic (exact) mass is 351 g/mol. The summed E-state index contributed by atoms with van der Waals surface area (Å²) in [6, 6.07) is 16.8. The zero-order valence-electron chi connectivity index (χ0n) is 15.3. The molecule has 5 heteroatoms. The summed E-state index contributed by atoms with van der Waals surface area (Å²) in [5, 5.41) is 3.80. The molecule has 4 rings (SSSR count). The van der Waals surface area contributed by atoms with Crippen molar-refractivity contribution < 1.29 is 9.53 Å². The summed E-state index contributed by atoms with van der Waals surface area (Å²) in [5.74, 6) is 1.81. The smallest absolute Gasteiger partial charge is 0.319 e. The van der Waals surface area contributed by atoms with Crippen molar-refractivity contribution in [3.63, 3.8) is 0 Å². The lowest BCUT2D eigenvalue weighted by molar-refractivity contribution is 0.147. The van der Waals surface area contributed by atoms with E-state index < -0.39 is 0 Å². The molecule has 0 bridgehead atoms. The summed E-state index contributed by atoms with van der Waals surface area (Å²) in [7, 11) is 3.62. The van der Waals surface area contributed by atoms with Gasteiger partial charge in [-0.1, -0.05) is 36.4 Å². The molecule has 1 unspecified atom stereocenters. The number of ether oxygens (including phenoxy) is 1. The molecule has 0 radical (unpaired) electrons. The van der Waals surface area contributed by atoms with Crippen LogP contribution in [0.25, 0.3) is 0 Å². The summed E-state index contributed by atoms with van der Waals surface area (Å²) in [4.78, 5) is 15.9. The molecule has 26 heavy (non-hydrogen) atoms. The summed E-state index contributed by atoms with van der Waals surface area (Å²) >= 11 is 0. The van der Waals surface area contributed by atoms with Crippen molar-refractivity contribution >= 4 is 6.03 Å². The number of nitrogens with zero attached hydrogens (tertiary/aromatic N) is 2. The first-order valence-corrected chi connectivity index (χ1v) is 9.21. The number of rotatable bonds is 2. The highest BCUT2D eigenvalue weighted by Crippen LogP contribution is 2.42. The first-order valence-electron chi connectivity index (χ1n) is 9.21. The number of para-hydroxylation sites is 2. The van der Waals surface area contributed by atoms with E-state index in [0.717, 1.165) is 48.6 Å². The van der Waals surface area contributed by atoms with Gasteiger partial charge in [0, 0.05) is 44.4 Å². The van der Waals surface area contributed by atoms with Crippen LogP contribution in [0.5, 0.6) is 11.5 Å². The second kappa shape index (κ2) is 7.00. The van der Waals surface area contributed by atoms with Crippen molar-refractivity contribution in [2.75, 3.05) is 27.2 Å². The molecule has 2 aliphatic rings. The Balaban J connectivity index is 1.59. The standard InChI is InChI=1S/C21H25N3O2/c1-23(2)21(25)24-13-7-8-15(14-24)22-20-16-9-3-5-11-18(16)26-19-12-6-4-10-17(19)20/h3-6,9-12,15,20,22H,7-8,13-14H2,1-2H3. The number of hydrogen-bond acceptors (Lipinski definition) is 3. The molecular weight excluding hydrogens is 326 g/mol. The number of urea groups is 1. The van der Waals surface area contributed by atoms with Crippen molar-refractivity contribution in [3.05, 3.63) is 59.7 Å². The van der Waals surface area contributed by atoms with Crippen LogP contribution in [0.15, 0.2) is 48.5 Å². The third kappa shape index (κ3) is 3.15. The Bertz CT molecular complexity index is 760. The molecule has 2 heterocycles. The van der Waals surface area contributed by atoms with Gasteiger partial charge in [-0.15, -0.1) is 0 Å². The van der Waals surface area contributed by atoms with Crippen LogP contribution in [0, 0.1) is 0 Å². The molecule has 1 fully saturated rings. The second-order valence-corrected chi connectivity index (χ2v) is 7.24. The highest BCUT2D eigenvalue weighted by atomic mass is 16.5. The topological polar surface area (TPSA) is 44.8 Å². The van der Waals surface area contributed by atoms with Gasteiger partial charge in [0.15, 0.2) is 0 Å². The normalized spacial score (nSPS) is 19.3. The zero-order chi connectivity index (χ0) is 18.1. The lowest BCUT2D eigenvalue weighted by Gasteiger charge is -2.38. The molecule has 136 valence electrons. The number of benzene rings is 2. The van der Waals surface area contributed by atoms with E-state index in [9.17, 15) is 4.79 Å². The van der Waals surface area contributed by atoms with E-state index in [1.165, 1.54) is 0 Å². The fourth-order valence-electron chi connectivity index (χ4n) is 3.89. The Morgan fingerprint density at radius 3 is 2.31 bits per heavy atom. The number of hydrogen-bond donors (Lipinski definition) is 1. The van der Waals surface area contributed by atoms with E-state index in [2.05, 4.69) is 17.4 Å². The lowest BCUT2D eigenvalue weighted by atomic mass is 9.93. The molecular formula is C21H25N3O2. The van der Waals surface area contributed by atoms with Crippen LogP contribution >= 0.6 is 0 Å². The van der Waals surface area contributed by atoms with Crippen LogP contribution < -0.4 is 10.1 Å². The fourth-order valence-corrected chi connectivity index (χ4v) is 3.89. The van der Waals surface area contributed by atoms with E-state index in [0.29, 0.717) is 0 Å². The van der Waals surface area contributed by atoms with E-state index >= 15 is 0 Å². The third-order valence-electron chi connectivity index (χ3n) is 5.16. The number of piperidine rings is 1.